The third-order valence-electron chi connectivity index (χ3n) is 5.34. The van der Waals surface area contributed by atoms with Gasteiger partial charge in [-0.05, 0) is 18.8 Å². The van der Waals surface area contributed by atoms with Gasteiger partial charge in [0.05, 0.1) is 12.9 Å². The number of imidazole rings is 1. The molecule has 4 atom stereocenters. The van der Waals surface area contributed by atoms with Crippen LogP contribution in [0.4, 0.5) is 11.8 Å². The fourth-order valence-corrected chi connectivity index (χ4v) is 3.77. The average Bonchev–Trinajstić information content (AvgIpc) is 3.24. The second-order valence-corrected chi connectivity index (χ2v) is 7.27. The topological polar surface area (TPSA) is 164 Å². The number of nitrogens with two attached hydrogens (primary N) is 1. The lowest BCUT2D eigenvalue weighted by molar-refractivity contribution is -0.0511. The van der Waals surface area contributed by atoms with Crippen LogP contribution in [0, 0.1) is 5.92 Å². The van der Waals surface area contributed by atoms with Gasteiger partial charge in [0.1, 0.15) is 23.8 Å². The maximum atomic E-state index is 10.3. The number of aliphatic hydroxyl groups excluding tert-OH is 3. The van der Waals surface area contributed by atoms with Crippen molar-refractivity contribution in [1.82, 2.24) is 19.5 Å². The number of nitrogens with zero attached hydrogens (tertiary/aromatic N) is 5. The summed E-state index contributed by atoms with van der Waals surface area (Å²) in [6.45, 7) is -0.416. The van der Waals surface area contributed by atoms with E-state index in [1.807, 2.05) is 6.21 Å². The summed E-state index contributed by atoms with van der Waals surface area (Å²) in [7, 11) is 0. The lowest BCUT2D eigenvalue weighted by Gasteiger charge is -2.17. The van der Waals surface area contributed by atoms with Crippen LogP contribution in [0.3, 0.4) is 0 Å². The second kappa shape index (κ2) is 10.6. The molecule has 1 saturated heterocycles. The van der Waals surface area contributed by atoms with Gasteiger partial charge in [-0.1, -0.05) is 19.3 Å². The van der Waals surface area contributed by atoms with E-state index in [0.717, 1.165) is 12.8 Å². The van der Waals surface area contributed by atoms with Crippen molar-refractivity contribution < 1.29 is 20.1 Å². The molecule has 11 nitrogen and oxygen atoms in total. The highest BCUT2D eigenvalue weighted by atomic mass is 32.1. The Balaban J connectivity index is 0.00000160. The van der Waals surface area contributed by atoms with E-state index in [1.54, 1.807) is 0 Å². The predicted molar refractivity (Wildman–Crippen MR) is 122 cm³/mol. The van der Waals surface area contributed by atoms with Crippen LogP contribution < -0.4 is 11.2 Å². The molecule has 0 spiro atoms. The Morgan fingerprint density at radius 3 is 2.60 bits per heavy atom. The molecule has 30 heavy (non-hydrogen) atoms. The van der Waals surface area contributed by atoms with Gasteiger partial charge in [-0.2, -0.15) is 42.1 Å². The molecule has 13 heteroatoms. The van der Waals surface area contributed by atoms with E-state index in [1.165, 1.54) is 30.2 Å². The first-order valence-electron chi connectivity index (χ1n) is 9.50. The van der Waals surface area contributed by atoms with Crippen LogP contribution >= 0.6 is 27.0 Å². The third-order valence-corrected chi connectivity index (χ3v) is 5.34. The van der Waals surface area contributed by atoms with Crippen LogP contribution in [0.25, 0.3) is 11.2 Å². The molecule has 0 amide bonds. The minimum absolute atomic E-state index is 0. The monoisotopic (exact) mass is 459 g/mol. The molecule has 2 aromatic heterocycles. The lowest BCUT2D eigenvalue weighted by atomic mass is 9.90. The maximum absolute atomic E-state index is 10.3. The highest BCUT2D eigenvalue weighted by Gasteiger charge is 2.44. The van der Waals surface area contributed by atoms with Crippen molar-refractivity contribution in [3.8, 4) is 0 Å². The van der Waals surface area contributed by atoms with Crippen LogP contribution in [-0.2, 0) is 4.74 Å². The first-order valence-corrected chi connectivity index (χ1v) is 9.50. The smallest absolute Gasteiger partial charge is 0.247 e. The third kappa shape index (κ3) is 4.81. The quantitative estimate of drug-likeness (QED) is 0.311. The number of nitrogen functional groups attached to an aromatic ring is 1. The van der Waals surface area contributed by atoms with Crippen LogP contribution in [0.15, 0.2) is 11.4 Å². The summed E-state index contributed by atoms with van der Waals surface area (Å²) in [5.74, 6) is 0.809. The minimum Gasteiger partial charge on any atom is -0.394 e. The van der Waals surface area contributed by atoms with Crippen molar-refractivity contribution in [3.63, 3.8) is 0 Å². The molecule has 2 aromatic rings. The molecule has 2 unspecified atom stereocenters. The molecule has 0 radical (unpaired) electrons. The van der Waals surface area contributed by atoms with Crippen LogP contribution in [0.5, 0.6) is 0 Å². The molecule has 4 rings (SSSR count). The van der Waals surface area contributed by atoms with Gasteiger partial charge in [0.25, 0.3) is 0 Å². The summed E-state index contributed by atoms with van der Waals surface area (Å²) < 4.78 is 7.01. The fourth-order valence-electron chi connectivity index (χ4n) is 3.77. The molecule has 1 aliphatic heterocycles. The molecule has 6 N–H and O–H groups in total. The predicted octanol–water partition coefficient (Wildman–Crippen LogP) is 0.224. The Bertz CT molecular complexity index is 862. The van der Waals surface area contributed by atoms with Gasteiger partial charge < -0.3 is 25.8 Å². The zero-order valence-corrected chi connectivity index (χ0v) is 18.3. The van der Waals surface area contributed by atoms with Gasteiger partial charge in [-0.3, -0.25) is 4.57 Å². The highest BCUT2D eigenvalue weighted by Crippen LogP contribution is 2.32. The molecular weight excluding hydrogens is 430 g/mol. The summed E-state index contributed by atoms with van der Waals surface area (Å²) in [5, 5.41) is 33.8. The number of anilines is 2. The number of ether oxygens (including phenoxy) is 1. The highest BCUT2D eigenvalue weighted by molar-refractivity contribution is 7.59. The van der Waals surface area contributed by atoms with E-state index in [0.29, 0.717) is 17.1 Å². The van der Waals surface area contributed by atoms with Crippen LogP contribution in [-0.4, -0.2) is 66.0 Å². The number of nitrogens with one attached hydrogen (secondary N) is 1. The van der Waals surface area contributed by atoms with Crippen LogP contribution in [0.2, 0.25) is 0 Å². The van der Waals surface area contributed by atoms with Crippen molar-refractivity contribution in [2.75, 3.05) is 17.8 Å². The van der Waals surface area contributed by atoms with Gasteiger partial charge in [0.15, 0.2) is 17.7 Å². The Hall–Kier alpha value is -1.64. The van der Waals surface area contributed by atoms with E-state index in [-0.39, 0.29) is 38.8 Å². The van der Waals surface area contributed by atoms with Crippen molar-refractivity contribution in [1.29, 1.82) is 0 Å². The largest absolute Gasteiger partial charge is 0.394 e. The standard InChI is InChI=1S/C17H25N7O4.2H2S/c18-14-11-15(22-17(21-14)23-20-6-9-4-2-1-3-5-9)24(8-19-11)16-13(27)12(26)10(7-25)28-16;;/h6,8-10,12-13,16,25-27H,1-5,7H2,(H3,18,21,22,23);2*1H2/b20-6+;;/t10?,12-,13-,16?;;/m1../s1. The molecule has 0 bridgehead atoms. The SMILES string of the molecule is Nc1nc(N/N=C/C2CCCCC2)nc2c1ncn2C1OC(CO)[C@@H](O)[C@H]1O.S.S. The molecule has 2 aliphatic rings. The Kier molecular flexibility index (Phi) is 8.70. The van der Waals surface area contributed by atoms with E-state index in [2.05, 4.69) is 25.5 Å². The van der Waals surface area contributed by atoms with Gasteiger partial charge in [-0.25, -0.2) is 10.4 Å². The zero-order valence-electron chi connectivity index (χ0n) is 16.3. The van der Waals surface area contributed by atoms with Gasteiger partial charge in [0, 0.05) is 6.21 Å². The van der Waals surface area contributed by atoms with Crippen molar-refractivity contribution >= 4 is 56.1 Å². The Morgan fingerprint density at radius 1 is 1.20 bits per heavy atom. The number of aliphatic hydroxyl groups is 3. The van der Waals surface area contributed by atoms with Crippen molar-refractivity contribution in [2.45, 2.75) is 56.6 Å². The Morgan fingerprint density at radius 2 is 1.93 bits per heavy atom. The second-order valence-electron chi connectivity index (χ2n) is 7.27. The van der Waals surface area contributed by atoms with Crippen LogP contribution in [0.1, 0.15) is 38.3 Å². The summed E-state index contributed by atoms with van der Waals surface area (Å²) in [5.41, 5.74) is 9.47. The zero-order chi connectivity index (χ0) is 19.7. The molecule has 0 aromatic carbocycles. The maximum Gasteiger partial charge on any atom is 0.247 e. The summed E-state index contributed by atoms with van der Waals surface area (Å²) in [4.78, 5) is 12.7. The van der Waals surface area contributed by atoms with E-state index >= 15 is 0 Å². The molecule has 1 aliphatic carbocycles. The number of aromatic nitrogens is 4. The average molecular weight is 460 g/mol. The molecule has 168 valence electrons. The number of fused-ring (bicyclic) bond motifs is 1. The number of rotatable bonds is 5. The van der Waals surface area contributed by atoms with Crippen molar-refractivity contribution in [3.05, 3.63) is 6.33 Å². The number of hydrogen-bond donors (Lipinski definition) is 5. The first kappa shape index (κ1) is 24.6. The van der Waals surface area contributed by atoms with Gasteiger partial charge in [0.2, 0.25) is 5.95 Å². The van der Waals surface area contributed by atoms with E-state index in [9.17, 15) is 15.3 Å². The summed E-state index contributed by atoms with van der Waals surface area (Å²) in [6, 6.07) is 0. The number of hydrogen-bond acceptors (Lipinski definition) is 10. The summed E-state index contributed by atoms with van der Waals surface area (Å²) in [6.07, 6.45) is 4.95. The van der Waals surface area contributed by atoms with E-state index < -0.39 is 31.1 Å². The first-order chi connectivity index (χ1) is 13.6. The normalized spacial score (nSPS) is 27.2. The Labute approximate surface area is 187 Å². The molecule has 2 fully saturated rings. The minimum atomic E-state index is -1.24. The molecule has 1 saturated carbocycles. The lowest BCUT2D eigenvalue weighted by Crippen LogP contribution is -2.33. The van der Waals surface area contributed by atoms with Crippen molar-refractivity contribution in [2.24, 2.45) is 11.0 Å². The van der Waals surface area contributed by atoms with Gasteiger partial charge >= 0.3 is 0 Å². The molecular formula is C17H29N7O4S2. The molecule has 3 heterocycles. The van der Waals surface area contributed by atoms with Gasteiger partial charge in [-0.15, -0.1) is 0 Å². The summed E-state index contributed by atoms with van der Waals surface area (Å²) >= 11 is 0. The fraction of sp³-hybridized carbons (Fsp3) is 0.647. The number of hydrazone groups is 1. The van der Waals surface area contributed by atoms with E-state index in [4.69, 9.17) is 10.5 Å².